The second-order valence-electron chi connectivity index (χ2n) is 6.97. The molecular weight excluding hydrogens is 250 g/mol. The molecule has 108 valence electrons. The Morgan fingerprint density at radius 2 is 2.00 bits per heavy atom. The van der Waals surface area contributed by atoms with Crippen LogP contribution in [0.15, 0.2) is 23.0 Å². The van der Waals surface area contributed by atoms with E-state index in [1.165, 1.54) is 19.3 Å². The molecule has 1 aliphatic carbocycles. The van der Waals surface area contributed by atoms with E-state index in [4.69, 9.17) is 0 Å². The van der Waals surface area contributed by atoms with Gasteiger partial charge in [0.2, 0.25) is 0 Å². The van der Waals surface area contributed by atoms with Crippen LogP contribution in [0.4, 0.5) is 5.69 Å². The van der Waals surface area contributed by atoms with Crippen molar-refractivity contribution < 1.29 is 0 Å². The third-order valence-corrected chi connectivity index (χ3v) is 4.56. The molecule has 1 heterocycles. The fourth-order valence-electron chi connectivity index (χ4n) is 3.50. The molecule has 1 aromatic heterocycles. The quantitative estimate of drug-likeness (QED) is 0.784. The molecule has 1 aromatic carbocycles. The molecule has 0 spiro atoms. The number of nitrogens with one attached hydrogen (secondary N) is 3. The lowest BCUT2D eigenvalue weighted by atomic mass is 9.70. The largest absolute Gasteiger partial charge is 0.382 e. The summed E-state index contributed by atoms with van der Waals surface area (Å²) in [6.45, 7) is 7.04. The summed E-state index contributed by atoms with van der Waals surface area (Å²) < 4.78 is 0. The van der Waals surface area contributed by atoms with Crippen LogP contribution < -0.4 is 11.0 Å². The highest BCUT2D eigenvalue weighted by molar-refractivity contribution is 5.78. The number of rotatable bonds is 2. The molecule has 0 amide bonds. The van der Waals surface area contributed by atoms with Gasteiger partial charge < -0.3 is 15.3 Å². The van der Waals surface area contributed by atoms with Gasteiger partial charge in [-0.1, -0.05) is 20.8 Å². The maximum absolute atomic E-state index is 11.3. The van der Waals surface area contributed by atoms with Crippen molar-refractivity contribution in [2.75, 3.05) is 5.32 Å². The first-order valence-electron chi connectivity index (χ1n) is 7.42. The number of benzene rings is 1. The zero-order valence-corrected chi connectivity index (χ0v) is 12.4. The lowest BCUT2D eigenvalue weighted by molar-refractivity contribution is 0.177. The van der Waals surface area contributed by atoms with Crippen LogP contribution >= 0.6 is 0 Å². The lowest BCUT2D eigenvalue weighted by Gasteiger charge is -2.40. The van der Waals surface area contributed by atoms with Crippen LogP contribution in [0.2, 0.25) is 0 Å². The van der Waals surface area contributed by atoms with Gasteiger partial charge in [0.15, 0.2) is 0 Å². The molecule has 0 bridgehead atoms. The summed E-state index contributed by atoms with van der Waals surface area (Å²) >= 11 is 0. The molecular formula is C16H23N3O. The van der Waals surface area contributed by atoms with Crippen molar-refractivity contribution in [3.05, 3.63) is 28.7 Å². The Balaban J connectivity index is 1.77. The van der Waals surface area contributed by atoms with Crippen molar-refractivity contribution in [2.45, 2.75) is 46.1 Å². The third kappa shape index (κ3) is 2.60. The average Bonchev–Trinajstić information content (AvgIpc) is 2.71. The van der Waals surface area contributed by atoms with Gasteiger partial charge in [-0.05, 0) is 48.8 Å². The van der Waals surface area contributed by atoms with Crippen molar-refractivity contribution in [3.63, 3.8) is 0 Å². The summed E-state index contributed by atoms with van der Waals surface area (Å²) in [5, 5.41) is 3.63. The van der Waals surface area contributed by atoms with E-state index >= 15 is 0 Å². The summed E-state index contributed by atoms with van der Waals surface area (Å²) in [5.74, 6) is 0.666. The topological polar surface area (TPSA) is 60.7 Å². The summed E-state index contributed by atoms with van der Waals surface area (Å²) in [7, 11) is 0. The predicted molar refractivity (Wildman–Crippen MR) is 83.1 cm³/mol. The maximum Gasteiger partial charge on any atom is 0.323 e. The van der Waals surface area contributed by atoms with E-state index in [1.54, 1.807) is 0 Å². The van der Waals surface area contributed by atoms with Crippen molar-refractivity contribution in [1.29, 1.82) is 0 Å². The number of H-pyrrole nitrogens is 2. The molecule has 1 fully saturated rings. The van der Waals surface area contributed by atoms with E-state index in [2.05, 4.69) is 36.1 Å². The first kappa shape index (κ1) is 13.3. The second kappa shape index (κ2) is 4.69. The molecule has 3 N–H and O–H groups in total. The molecule has 2 atom stereocenters. The molecule has 1 aliphatic rings. The standard InChI is InChI=1S/C16H23N3O/c1-10-9-16(2,3)7-6-12(10)17-11-4-5-13-14(8-11)19-15(20)18-13/h4-5,8,10,12,17H,6-7,9H2,1-3H3,(H2,18,19,20). The smallest absolute Gasteiger partial charge is 0.323 e. The minimum Gasteiger partial charge on any atom is -0.382 e. The first-order chi connectivity index (χ1) is 9.43. The van der Waals surface area contributed by atoms with Gasteiger partial charge in [-0.3, -0.25) is 0 Å². The Kier molecular flexibility index (Phi) is 3.11. The first-order valence-corrected chi connectivity index (χ1v) is 7.42. The van der Waals surface area contributed by atoms with Crippen molar-refractivity contribution >= 4 is 16.7 Å². The summed E-state index contributed by atoms with van der Waals surface area (Å²) in [4.78, 5) is 16.9. The van der Waals surface area contributed by atoms with E-state index in [9.17, 15) is 4.79 Å². The maximum atomic E-state index is 11.3. The van der Waals surface area contributed by atoms with E-state index in [1.807, 2.05) is 18.2 Å². The number of hydrogen-bond donors (Lipinski definition) is 3. The monoisotopic (exact) mass is 273 g/mol. The highest BCUT2D eigenvalue weighted by Gasteiger charge is 2.32. The number of fused-ring (bicyclic) bond motifs is 1. The Morgan fingerprint density at radius 1 is 1.25 bits per heavy atom. The average molecular weight is 273 g/mol. The molecule has 0 radical (unpaired) electrons. The van der Waals surface area contributed by atoms with Crippen LogP contribution in [0.5, 0.6) is 0 Å². The molecule has 1 saturated carbocycles. The Bertz CT molecular complexity index is 668. The highest BCUT2D eigenvalue weighted by Crippen LogP contribution is 2.39. The van der Waals surface area contributed by atoms with Gasteiger partial charge in [-0.2, -0.15) is 0 Å². The Hall–Kier alpha value is -1.71. The minimum atomic E-state index is -0.148. The molecule has 3 rings (SSSR count). The van der Waals surface area contributed by atoms with Crippen molar-refractivity contribution in [2.24, 2.45) is 11.3 Å². The second-order valence-corrected chi connectivity index (χ2v) is 6.97. The molecule has 0 saturated heterocycles. The number of hydrogen-bond acceptors (Lipinski definition) is 2. The van der Waals surface area contributed by atoms with E-state index < -0.39 is 0 Å². The number of aromatic amines is 2. The van der Waals surface area contributed by atoms with Gasteiger partial charge in [0.25, 0.3) is 0 Å². The fraction of sp³-hybridized carbons (Fsp3) is 0.562. The van der Waals surface area contributed by atoms with E-state index in [-0.39, 0.29) is 5.69 Å². The molecule has 2 unspecified atom stereocenters. The van der Waals surface area contributed by atoms with Crippen LogP contribution in [-0.2, 0) is 0 Å². The SMILES string of the molecule is CC1CC(C)(C)CCC1Nc1ccc2[nH]c(=O)[nH]c2c1. The third-order valence-electron chi connectivity index (χ3n) is 4.56. The lowest BCUT2D eigenvalue weighted by Crippen LogP contribution is -2.36. The normalized spacial score (nSPS) is 25.8. The van der Waals surface area contributed by atoms with Crippen molar-refractivity contribution in [1.82, 2.24) is 9.97 Å². The van der Waals surface area contributed by atoms with Crippen LogP contribution in [0.1, 0.15) is 40.0 Å². The van der Waals surface area contributed by atoms with Gasteiger partial charge in [-0.15, -0.1) is 0 Å². The minimum absolute atomic E-state index is 0.148. The number of aromatic nitrogens is 2. The van der Waals surface area contributed by atoms with Gasteiger partial charge in [0, 0.05) is 11.7 Å². The van der Waals surface area contributed by atoms with Crippen LogP contribution in [0, 0.1) is 11.3 Å². The van der Waals surface area contributed by atoms with Gasteiger partial charge in [-0.25, -0.2) is 4.79 Å². The van der Waals surface area contributed by atoms with Crippen molar-refractivity contribution in [3.8, 4) is 0 Å². The Morgan fingerprint density at radius 3 is 2.75 bits per heavy atom. The van der Waals surface area contributed by atoms with Crippen LogP contribution in [-0.4, -0.2) is 16.0 Å². The number of anilines is 1. The van der Waals surface area contributed by atoms with E-state index in [0.717, 1.165) is 16.7 Å². The van der Waals surface area contributed by atoms with Crippen LogP contribution in [0.3, 0.4) is 0 Å². The summed E-state index contributed by atoms with van der Waals surface area (Å²) in [6, 6.07) is 6.52. The molecule has 4 heteroatoms. The highest BCUT2D eigenvalue weighted by atomic mass is 16.1. The molecule has 4 nitrogen and oxygen atoms in total. The summed E-state index contributed by atoms with van der Waals surface area (Å²) in [5.41, 5.74) is 3.13. The number of imidazole rings is 1. The molecule has 20 heavy (non-hydrogen) atoms. The van der Waals surface area contributed by atoms with Gasteiger partial charge in [0.1, 0.15) is 0 Å². The van der Waals surface area contributed by atoms with Crippen LogP contribution in [0.25, 0.3) is 11.0 Å². The van der Waals surface area contributed by atoms with Gasteiger partial charge >= 0.3 is 5.69 Å². The molecule has 2 aromatic rings. The summed E-state index contributed by atoms with van der Waals surface area (Å²) in [6.07, 6.45) is 3.72. The predicted octanol–water partition coefficient (Wildman–Crippen LogP) is 3.48. The molecule has 0 aliphatic heterocycles. The zero-order valence-electron chi connectivity index (χ0n) is 12.4. The van der Waals surface area contributed by atoms with Gasteiger partial charge in [0.05, 0.1) is 11.0 Å². The Labute approximate surface area is 119 Å². The zero-order chi connectivity index (χ0) is 14.3. The fourth-order valence-corrected chi connectivity index (χ4v) is 3.50. The van der Waals surface area contributed by atoms with E-state index in [0.29, 0.717) is 17.4 Å².